The van der Waals surface area contributed by atoms with Crippen molar-refractivity contribution in [2.45, 2.75) is 6.61 Å². The monoisotopic (exact) mass is 568 g/mol. The Morgan fingerprint density at radius 3 is 2.59 bits per heavy atom. The number of hydrogen-bond acceptors (Lipinski definition) is 5. The zero-order chi connectivity index (χ0) is 25.9. The molecule has 5 nitrogen and oxygen atoms in total. The first-order valence-electron chi connectivity index (χ1n) is 11.1. The Hall–Kier alpha value is -3.16. The number of amidine groups is 1. The van der Waals surface area contributed by atoms with Gasteiger partial charge in [-0.3, -0.25) is 4.79 Å². The molecule has 5 rings (SSSR count). The van der Waals surface area contributed by atoms with Crippen LogP contribution < -0.4 is 14.8 Å². The van der Waals surface area contributed by atoms with Crippen molar-refractivity contribution >= 4 is 80.2 Å². The molecule has 0 atom stereocenters. The zero-order valence-electron chi connectivity index (χ0n) is 19.4. The van der Waals surface area contributed by atoms with Crippen molar-refractivity contribution in [3.63, 3.8) is 0 Å². The second-order valence-corrected chi connectivity index (χ2v) is 10.3. The molecular formula is C28H19Cl3N2O3S. The fourth-order valence-corrected chi connectivity index (χ4v) is 5.37. The number of benzene rings is 4. The van der Waals surface area contributed by atoms with Crippen LogP contribution in [0.4, 0.5) is 5.69 Å². The molecule has 0 bridgehead atoms. The molecule has 1 fully saturated rings. The summed E-state index contributed by atoms with van der Waals surface area (Å²) in [4.78, 5) is 17.8. The van der Waals surface area contributed by atoms with E-state index in [1.54, 1.807) is 36.4 Å². The molecule has 0 spiro atoms. The Labute approximate surface area is 233 Å². The third kappa shape index (κ3) is 5.73. The lowest BCUT2D eigenvalue weighted by molar-refractivity contribution is -0.115. The Kier molecular flexibility index (Phi) is 7.63. The van der Waals surface area contributed by atoms with Crippen molar-refractivity contribution in [2.75, 3.05) is 7.11 Å². The number of aliphatic imine (C=N–C) groups is 1. The zero-order valence-corrected chi connectivity index (χ0v) is 22.5. The maximum absolute atomic E-state index is 12.7. The molecule has 37 heavy (non-hydrogen) atoms. The Morgan fingerprint density at radius 2 is 1.78 bits per heavy atom. The van der Waals surface area contributed by atoms with Crippen molar-refractivity contribution < 1.29 is 14.3 Å². The summed E-state index contributed by atoms with van der Waals surface area (Å²) < 4.78 is 11.4. The summed E-state index contributed by atoms with van der Waals surface area (Å²) >= 11 is 20.0. The van der Waals surface area contributed by atoms with E-state index in [2.05, 4.69) is 10.3 Å². The topological polar surface area (TPSA) is 59.9 Å². The van der Waals surface area contributed by atoms with Crippen LogP contribution in [0, 0.1) is 0 Å². The fraction of sp³-hybridized carbons (Fsp3) is 0.0714. The lowest BCUT2D eigenvalue weighted by Gasteiger charge is -2.14. The number of fused-ring (bicyclic) bond motifs is 1. The Morgan fingerprint density at radius 1 is 0.973 bits per heavy atom. The number of nitrogens with zero attached hydrogens (tertiary/aromatic N) is 1. The van der Waals surface area contributed by atoms with Crippen LogP contribution in [0.1, 0.15) is 11.1 Å². The van der Waals surface area contributed by atoms with E-state index in [9.17, 15) is 4.79 Å². The smallest absolute Gasteiger partial charge is 0.264 e. The summed E-state index contributed by atoms with van der Waals surface area (Å²) in [6.45, 7) is 0.179. The van der Waals surface area contributed by atoms with Crippen LogP contribution in [0.2, 0.25) is 15.1 Å². The van der Waals surface area contributed by atoms with E-state index in [0.29, 0.717) is 42.2 Å². The molecule has 0 radical (unpaired) electrons. The van der Waals surface area contributed by atoms with Crippen LogP contribution in [-0.4, -0.2) is 18.2 Å². The highest BCUT2D eigenvalue weighted by Crippen LogP contribution is 2.39. The number of ether oxygens (including phenoxy) is 2. The van der Waals surface area contributed by atoms with Gasteiger partial charge in [0.25, 0.3) is 5.91 Å². The first-order chi connectivity index (χ1) is 17.9. The number of carbonyl (C=O) groups is 1. The van der Waals surface area contributed by atoms with Crippen molar-refractivity contribution in [3.8, 4) is 11.5 Å². The average molecular weight is 570 g/mol. The number of halogens is 3. The molecule has 0 aromatic heterocycles. The minimum atomic E-state index is -0.239. The quantitative estimate of drug-likeness (QED) is 0.237. The van der Waals surface area contributed by atoms with E-state index in [1.807, 2.05) is 42.5 Å². The van der Waals surface area contributed by atoms with Gasteiger partial charge in [-0.25, -0.2) is 4.99 Å². The first-order valence-corrected chi connectivity index (χ1v) is 13.1. The predicted octanol–water partition coefficient (Wildman–Crippen LogP) is 8.28. The SMILES string of the molecule is COc1cc(/C=C2\SC(=Nc3cccc4ccccc34)NC2=O)cc(Cl)c1OCc1ccc(Cl)cc1Cl. The first kappa shape index (κ1) is 25.5. The Bertz CT molecular complexity index is 1580. The van der Waals surface area contributed by atoms with Crippen LogP contribution in [-0.2, 0) is 11.4 Å². The standard InChI is InChI=1S/C28H19Cl3N2O3S/c1-35-24-12-16(11-22(31)26(24)36-15-18-9-10-19(29)14-21(18)30)13-25-27(34)33-28(37-25)32-23-8-4-6-17-5-2-3-7-20(17)23/h2-14H,15H2,1H3,(H,32,33,34)/b25-13-. The maximum Gasteiger partial charge on any atom is 0.264 e. The molecule has 1 aliphatic rings. The summed E-state index contributed by atoms with van der Waals surface area (Å²) in [5.74, 6) is 0.563. The number of amides is 1. The molecule has 1 heterocycles. The van der Waals surface area contributed by atoms with Gasteiger partial charge in [0.05, 0.1) is 22.7 Å². The molecule has 1 N–H and O–H groups in total. The normalized spacial score (nSPS) is 15.4. The summed E-state index contributed by atoms with van der Waals surface area (Å²) in [5, 5.41) is 6.81. The maximum atomic E-state index is 12.7. The predicted molar refractivity (Wildman–Crippen MR) is 154 cm³/mol. The van der Waals surface area contributed by atoms with Gasteiger partial charge in [0.2, 0.25) is 0 Å². The highest BCUT2D eigenvalue weighted by atomic mass is 35.5. The highest BCUT2D eigenvalue weighted by molar-refractivity contribution is 8.18. The van der Waals surface area contributed by atoms with Crippen molar-refractivity contribution in [1.29, 1.82) is 0 Å². The Balaban J connectivity index is 1.38. The third-order valence-electron chi connectivity index (χ3n) is 5.58. The number of hydrogen-bond donors (Lipinski definition) is 1. The van der Waals surface area contributed by atoms with Gasteiger partial charge in [-0.15, -0.1) is 0 Å². The van der Waals surface area contributed by atoms with Crippen LogP contribution in [0.15, 0.2) is 82.7 Å². The van der Waals surface area contributed by atoms with E-state index in [4.69, 9.17) is 44.3 Å². The summed E-state index contributed by atoms with van der Waals surface area (Å²) in [6, 6.07) is 22.5. The number of thioether (sulfide) groups is 1. The molecular weight excluding hydrogens is 551 g/mol. The van der Waals surface area contributed by atoms with Crippen molar-refractivity contribution in [1.82, 2.24) is 5.32 Å². The van der Waals surface area contributed by atoms with E-state index in [0.717, 1.165) is 22.0 Å². The molecule has 186 valence electrons. The molecule has 9 heteroatoms. The second kappa shape index (κ2) is 11.1. The van der Waals surface area contributed by atoms with Gasteiger partial charge >= 0.3 is 0 Å². The second-order valence-electron chi connectivity index (χ2n) is 8.04. The average Bonchev–Trinajstić information content (AvgIpc) is 3.22. The van der Waals surface area contributed by atoms with E-state index >= 15 is 0 Å². The summed E-state index contributed by atoms with van der Waals surface area (Å²) in [5.41, 5.74) is 2.23. The minimum Gasteiger partial charge on any atom is -0.493 e. The number of rotatable bonds is 6. The van der Waals surface area contributed by atoms with Gasteiger partial charge in [-0.1, -0.05) is 77.3 Å². The fourth-order valence-electron chi connectivity index (χ4n) is 3.80. The minimum absolute atomic E-state index is 0.179. The van der Waals surface area contributed by atoms with Gasteiger partial charge in [0.1, 0.15) is 6.61 Å². The van der Waals surface area contributed by atoms with Crippen molar-refractivity contribution in [2.24, 2.45) is 4.99 Å². The molecule has 1 saturated heterocycles. The van der Waals surface area contributed by atoms with Crippen LogP contribution in [0.5, 0.6) is 11.5 Å². The van der Waals surface area contributed by atoms with E-state index in [-0.39, 0.29) is 12.5 Å². The molecule has 4 aromatic carbocycles. The van der Waals surface area contributed by atoms with Crippen molar-refractivity contribution in [3.05, 3.63) is 104 Å². The molecule has 1 aliphatic heterocycles. The van der Waals surface area contributed by atoms with Crippen LogP contribution >= 0.6 is 46.6 Å². The number of methoxy groups -OCH3 is 1. The van der Waals surface area contributed by atoms with Gasteiger partial charge < -0.3 is 14.8 Å². The number of nitrogens with one attached hydrogen (secondary N) is 1. The summed E-state index contributed by atoms with van der Waals surface area (Å²) in [6.07, 6.45) is 1.74. The lowest BCUT2D eigenvalue weighted by Crippen LogP contribution is -2.19. The van der Waals surface area contributed by atoms with E-state index in [1.165, 1.54) is 18.9 Å². The molecule has 0 aliphatic carbocycles. The number of carbonyl (C=O) groups excluding carboxylic acids is 1. The van der Waals surface area contributed by atoms with E-state index < -0.39 is 0 Å². The van der Waals surface area contributed by atoms with Gasteiger partial charge in [0, 0.05) is 21.0 Å². The third-order valence-corrected chi connectivity index (χ3v) is 7.35. The highest BCUT2D eigenvalue weighted by Gasteiger charge is 2.24. The largest absolute Gasteiger partial charge is 0.493 e. The van der Waals surface area contributed by atoms with Gasteiger partial charge in [-0.2, -0.15) is 0 Å². The van der Waals surface area contributed by atoms with Gasteiger partial charge in [-0.05, 0) is 59.1 Å². The summed E-state index contributed by atoms with van der Waals surface area (Å²) in [7, 11) is 1.52. The molecule has 0 saturated carbocycles. The van der Waals surface area contributed by atoms with Crippen LogP contribution in [0.25, 0.3) is 16.8 Å². The van der Waals surface area contributed by atoms with Crippen LogP contribution in [0.3, 0.4) is 0 Å². The molecule has 1 amide bonds. The van der Waals surface area contributed by atoms with Gasteiger partial charge in [0.15, 0.2) is 16.7 Å². The lowest BCUT2D eigenvalue weighted by atomic mass is 10.1. The molecule has 4 aromatic rings. The molecule has 0 unspecified atom stereocenters.